The first-order valence-corrected chi connectivity index (χ1v) is 7.30. The lowest BCUT2D eigenvalue weighted by Crippen LogP contribution is -2.26. The molecule has 0 aromatic heterocycles. The van der Waals surface area contributed by atoms with E-state index in [0.717, 1.165) is 12.3 Å². The molecule has 1 fully saturated rings. The predicted molar refractivity (Wildman–Crippen MR) is 72.6 cm³/mol. The van der Waals surface area contributed by atoms with Crippen LogP contribution in [-0.2, 0) is 9.53 Å². The SMILES string of the molecule is CCC1CCCC(OCCCC(C)(C)C(=O)O)C1. The van der Waals surface area contributed by atoms with Gasteiger partial charge in [0, 0.05) is 6.61 Å². The molecule has 0 heterocycles. The molecule has 18 heavy (non-hydrogen) atoms. The quantitative estimate of drug-likeness (QED) is 0.703. The molecular weight excluding hydrogens is 228 g/mol. The maximum Gasteiger partial charge on any atom is 0.309 e. The Morgan fingerprint density at radius 1 is 1.39 bits per heavy atom. The molecule has 0 bridgehead atoms. The van der Waals surface area contributed by atoms with Crippen LogP contribution in [0.3, 0.4) is 0 Å². The molecule has 2 atom stereocenters. The van der Waals surface area contributed by atoms with Crippen molar-refractivity contribution < 1.29 is 14.6 Å². The highest BCUT2D eigenvalue weighted by atomic mass is 16.5. The number of aliphatic carboxylic acids is 1. The van der Waals surface area contributed by atoms with Crippen LogP contribution in [-0.4, -0.2) is 23.8 Å². The van der Waals surface area contributed by atoms with Crippen LogP contribution in [0.4, 0.5) is 0 Å². The molecule has 2 unspecified atom stereocenters. The zero-order chi connectivity index (χ0) is 13.6. The van der Waals surface area contributed by atoms with Gasteiger partial charge in [0.1, 0.15) is 0 Å². The molecule has 1 saturated carbocycles. The van der Waals surface area contributed by atoms with Gasteiger partial charge in [0.15, 0.2) is 0 Å². The molecular formula is C15H28O3. The summed E-state index contributed by atoms with van der Waals surface area (Å²) in [5.41, 5.74) is -0.623. The van der Waals surface area contributed by atoms with Crippen LogP contribution in [0.25, 0.3) is 0 Å². The first-order chi connectivity index (χ1) is 8.45. The van der Waals surface area contributed by atoms with Gasteiger partial charge in [-0.1, -0.05) is 26.2 Å². The molecule has 0 aromatic carbocycles. The third kappa shape index (κ3) is 4.97. The topological polar surface area (TPSA) is 46.5 Å². The molecule has 0 amide bonds. The van der Waals surface area contributed by atoms with E-state index in [4.69, 9.17) is 9.84 Å². The number of hydrogen-bond acceptors (Lipinski definition) is 2. The number of carboxylic acids is 1. The zero-order valence-corrected chi connectivity index (χ0v) is 12.1. The first kappa shape index (κ1) is 15.5. The largest absolute Gasteiger partial charge is 0.481 e. The van der Waals surface area contributed by atoms with E-state index in [0.29, 0.717) is 19.1 Å². The second-order valence-electron chi connectivity index (χ2n) is 6.23. The van der Waals surface area contributed by atoms with Gasteiger partial charge < -0.3 is 9.84 Å². The van der Waals surface area contributed by atoms with Crippen LogP contribution >= 0.6 is 0 Å². The van der Waals surface area contributed by atoms with E-state index in [1.807, 2.05) is 0 Å². The van der Waals surface area contributed by atoms with E-state index in [9.17, 15) is 4.79 Å². The average Bonchev–Trinajstić information content (AvgIpc) is 2.35. The van der Waals surface area contributed by atoms with E-state index in [1.54, 1.807) is 13.8 Å². The summed E-state index contributed by atoms with van der Waals surface area (Å²) < 4.78 is 5.90. The number of rotatable bonds is 7. The number of carbonyl (C=O) groups is 1. The lowest BCUT2D eigenvalue weighted by molar-refractivity contribution is -0.147. The Kier molecular flexibility index (Phi) is 6.13. The van der Waals surface area contributed by atoms with E-state index in [1.165, 1.54) is 32.1 Å². The lowest BCUT2D eigenvalue weighted by atomic mass is 9.85. The summed E-state index contributed by atoms with van der Waals surface area (Å²) in [6, 6.07) is 0. The maximum atomic E-state index is 11.0. The van der Waals surface area contributed by atoms with Crippen molar-refractivity contribution in [3.8, 4) is 0 Å². The normalized spacial score (nSPS) is 25.1. The minimum Gasteiger partial charge on any atom is -0.481 e. The molecule has 1 aliphatic rings. The summed E-state index contributed by atoms with van der Waals surface area (Å²) in [6.07, 6.45) is 8.20. The Morgan fingerprint density at radius 3 is 2.72 bits per heavy atom. The van der Waals surface area contributed by atoms with Gasteiger partial charge >= 0.3 is 5.97 Å². The molecule has 1 N–H and O–H groups in total. The summed E-state index contributed by atoms with van der Waals surface area (Å²) in [7, 11) is 0. The molecule has 1 aliphatic carbocycles. The number of hydrogen-bond donors (Lipinski definition) is 1. The fourth-order valence-electron chi connectivity index (χ4n) is 2.63. The van der Waals surface area contributed by atoms with E-state index in [-0.39, 0.29) is 0 Å². The smallest absolute Gasteiger partial charge is 0.309 e. The van der Waals surface area contributed by atoms with Crippen molar-refractivity contribution >= 4 is 5.97 Å². The van der Waals surface area contributed by atoms with Crippen LogP contribution in [0.5, 0.6) is 0 Å². The van der Waals surface area contributed by atoms with Gasteiger partial charge in [-0.15, -0.1) is 0 Å². The van der Waals surface area contributed by atoms with Crippen LogP contribution < -0.4 is 0 Å². The van der Waals surface area contributed by atoms with Crippen molar-refractivity contribution in [2.45, 2.75) is 71.8 Å². The summed E-state index contributed by atoms with van der Waals surface area (Å²) >= 11 is 0. The summed E-state index contributed by atoms with van der Waals surface area (Å²) in [5.74, 6) is 0.116. The third-order valence-corrected chi connectivity index (χ3v) is 4.19. The Balaban J connectivity index is 2.16. The summed E-state index contributed by atoms with van der Waals surface area (Å²) in [5, 5.41) is 9.02. The lowest BCUT2D eigenvalue weighted by Gasteiger charge is -2.28. The first-order valence-electron chi connectivity index (χ1n) is 7.30. The van der Waals surface area contributed by atoms with E-state index in [2.05, 4.69) is 6.92 Å². The van der Waals surface area contributed by atoms with Crippen molar-refractivity contribution in [2.24, 2.45) is 11.3 Å². The van der Waals surface area contributed by atoms with Gasteiger partial charge in [-0.3, -0.25) is 4.79 Å². The minimum atomic E-state index is -0.716. The molecule has 0 aliphatic heterocycles. The average molecular weight is 256 g/mol. The van der Waals surface area contributed by atoms with Crippen molar-refractivity contribution in [3.05, 3.63) is 0 Å². The van der Waals surface area contributed by atoms with Crippen LogP contribution in [0.1, 0.15) is 65.7 Å². The van der Waals surface area contributed by atoms with Gasteiger partial charge in [0.05, 0.1) is 11.5 Å². The molecule has 3 nitrogen and oxygen atoms in total. The Hall–Kier alpha value is -0.570. The standard InChI is InChI=1S/C15H28O3/c1-4-12-7-5-8-13(11-12)18-10-6-9-15(2,3)14(16)17/h12-13H,4-11H2,1-3H3,(H,16,17). The fraction of sp³-hybridized carbons (Fsp3) is 0.933. The summed E-state index contributed by atoms with van der Waals surface area (Å²) in [4.78, 5) is 11.0. The van der Waals surface area contributed by atoms with Gasteiger partial charge in [-0.2, -0.15) is 0 Å². The second-order valence-corrected chi connectivity index (χ2v) is 6.23. The molecule has 0 aromatic rings. The molecule has 0 saturated heterocycles. The second kappa shape index (κ2) is 7.13. The van der Waals surface area contributed by atoms with E-state index >= 15 is 0 Å². The van der Waals surface area contributed by atoms with Crippen molar-refractivity contribution in [3.63, 3.8) is 0 Å². The number of carboxylic acid groups (broad SMARTS) is 1. The van der Waals surface area contributed by atoms with Crippen molar-refractivity contribution in [1.29, 1.82) is 0 Å². The van der Waals surface area contributed by atoms with Crippen molar-refractivity contribution in [2.75, 3.05) is 6.61 Å². The predicted octanol–water partition coefficient (Wildman–Crippen LogP) is 3.86. The highest BCUT2D eigenvalue weighted by Gasteiger charge is 2.26. The fourth-order valence-corrected chi connectivity index (χ4v) is 2.63. The molecule has 1 rings (SSSR count). The molecule has 106 valence electrons. The highest BCUT2D eigenvalue weighted by molar-refractivity contribution is 5.73. The number of ether oxygens (including phenoxy) is 1. The summed E-state index contributed by atoms with van der Waals surface area (Å²) in [6.45, 7) is 6.52. The Labute approximate surface area is 111 Å². The van der Waals surface area contributed by atoms with E-state index < -0.39 is 11.4 Å². The van der Waals surface area contributed by atoms with Crippen LogP contribution in [0.15, 0.2) is 0 Å². The molecule has 3 heteroatoms. The Morgan fingerprint density at radius 2 is 2.11 bits per heavy atom. The van der Waals surface area contributed by atoms with Gasteiger partial charge in [0.25, 0.3) is 0 Å². The van der Waals surface area contributed by atoms with Gasteiger partial charge in [-0.25, -0.2) is 0 Å². The third-order valence-electron chi connectivity index (χ3n) is 4.19. The van der Waals surface area contributed by atoms with Gasteiger partial charge in [-0.05, 0) is 45.4 Å². The van der Waals surface area contributed by atoms with Gasteiger partial charge in [0.2, 0.25) is 0 Å². The highest BCUT2D eigenvalue weighted by Crippen LogP contribution is 2.29. The Bertz CT molecular complexity index is 260. The van der Waals surface area contributed by atoms with Crippen LogP contribution in [0.2, 0.25) is 0 Å². The molecule has 0 spiro atoms. The monoisotopic (exact) mass is 256 g/mol. The zero-order valence-electron chi connectivity index (χ0n) is 12.1. The maximum absolute atomic E-state index is 11.0. The van der Waals surface area contributed by atoms with Crippen LogP contribution in [0, 0.1) is 11.3 Å². The minimum absolute atomic E-state index is 0.414. The molecule has 0 radical (unpaired) electrons. The van der Waals surface area contributed by atoms with Crippen molar-refractivity contribution in [1.82, 2.24) is 0 Å².